The first-order valence-electron chi connectivity index (χ1n) is 5.80. The molecule has 0 unspecified atom stereocenters. The van der Waals surface area contributed by atoms with Crippen LogP contribution in [0.2, 0.25) is 0 Å². The lowest BCUT2D eigenvalue weighted by Gasteiger charge is -2.04. The van der Waals surface area contributed by atoms with Crippen molar-refractivity contribution < 1.29 is 18.0 Å². The minimum absolute atomic E-state index is 0.210. The van der Waals surface area contributed by atoms with Crippen molar-refractivity contribution in [2.45, 2.75) is 12.6 Å². The maximum atomic E-state index is 12.3. The predicted molar refractivity (Wildman–Crippen MR) is 69.9 cm³/mol. The number of hydrogen-bond acceptors (Lipinski definition) is 5. The number of halogens is 3. The van der Waals surface area contributed by atoms with Crippen LogP contribution in [0.4, 0.5) is 23.1 Å². The number of alkyl halides is 3. The molecule has 21 heavy (non-hydrogen) atoms. The van der Waals surface area contributed by atoms with Gasteiger partial charge in [0.15, 0.2) is 0 Å². The molecule has 0 spiro atoms. The predicted octanol–water partition coefficient (Wildman–Crippen LogP) is 2.32. The fraction of sp³-hybridized carbons (Fsp3) is 0.273. The number of carbonyl (C=O) groups excluding carboxylic acids is 1. The van der Waals surface area contributed by atoms with Crippen molar-refractivity contribution in [1.29, 1.82) is 0 Å². The first-order valence-corrected chi connectivity index (χ1v) is 6.62. The first kappa shape index (κ1) is 15.2. The third-order valence-electron chi connectivity index (χ3n) is 2.28. The second kappa shape index (κ2) is 6.48. The number of aromatic nitrogens is 3. The molecule has 10 heteroatoms. The van der Waals surface area contributed by atoms with Gasteiger partial charge in [0.2, 0.25) is 10.1 Å². The van der Waals surface area contributed by atoms with Crippen LogP contribution < -0.4 is 10.6 Å². The number of anilines is 1. The highest BCUT2D eigenvalue weighted by Crippen LogP contribution is 2.32. The Kier molecular flexibility index (Phi) is 4.68. The summed E-state index contributed by atoms with van der Waals surface area (Å²) in [7, 11) is 0. The van der Waals surface area contributed by atoms with Crippen LogP contribution in [0.3, 0.4) is 0 Å². The summed E-state index contributed by atoms with van der Waals surface area (Å²) in [5, 5.41) is 9.59. The van der Waals surface area contributed by atoms with E-state index in [1.165, 1.54) is 0 Å². The van der Waals surface area contributed by atoms with Crippen LogP contribution in [-0.4, -0.2) is 27.8 Å². The van der Waals surface area contributed by atoms with E-state index >= 15 is 0 Å². The average Bonchev–Trinajstić information content (AvgIpc) is 2.88. The molecule has 2 aromatic rings. The summed E-state index contributed by atoms with van der Waals surface area (Å²) in [5.74, 6) is 0. The lowest BCUT2D eigenvalue weighted by molar-refractivity contribution is -0.138. The van der Waals surface area contributed by atoms with Crippen molar-refractivity contribution in [2.24, 2.45) is 0 Å². The molecule has 0 saturated heterocycles. The fourth-order valence-electron chi connectivity index (χ4n) is 1.38. The Morgan fingerprint density at radius 1 is 1.29 bits per heavy atom. The smallest absolute Gasteiger partial charge is 0.337 e. The highest BCUT2D eigenvalue weighted by Gasteiger charge is 2.35. The summed E-state index contributed by atoms with van der Waals surface area (Å²) in [5.41, 5.74) is 0.799. The molecule has 112 valence electrons. The van der Waals surface area contributed by atoms with E-state index in [4.69, 9.17) is 0 Å². The fourth-order valence-corrected chi connectivity index (χ4v) is 1.99. The molecule has 0 radical (unpaired) electrons. The highest BCUT2D eigenvalue weighted by molar-refractivity contribution is 7.15. The Bertz CT molecular complexity index is 601. The van der Waals surface area contributed by atoms with Crippen LogP contribution in [0, 0.1) is 0 Å². The van der Waals surface area contributed by atoms with Gasteiger partial charge < -0.3 is 5.32 Å². The van der Waals surface area contributed by atoms with Crippen LogP contribution in [0.5, 0.6) is 0 Å². The van der Waals surface area contributed by atoms with Crippen molar-refractivity contribution in [1.82, 2.24) is 20.5 Å². The van der Waals surface area contributed by atoms with Crippen molar-refractivity contribution >= 4 is 22.5 Å². The topological polar surface area (TPSA) is 79.8 Å². The summed E-state index contributed by atoms with van der Waals surface area (Å²) in [6.07, 6.45) is -2.42. The number of nitrogens with one attached hydrogen (secondary N) is 2. The molecule has 0 aliphatic carbocycles. The molecule has 0 aliphatic heterocycles. The molecule has 0 aromatic carbocycles. The molecule has 0 aliphatic rings. The number of urea groups is 1. The second-order valence-electron chi connectivity index (χ2n) is 3.86. The van der Waals surface area contributed by atoms with Gasteiger partial charge in [0.05, 0.1) is 0 Å². The molecule has 2 rings (SSSR count). The Morgan fingerprint density at radius 2 is 2.10 bits per heavy atom. The van der Waals surface area contributed by atoms with E-state index in [-0.39, 0.29) is 16.5 Å². The van der Waals surface area contributed by atoms with Gasteiger partial charge >= 0.3 is 12.2 Å². The van der Waals surface area contributed by atoms with Gasteiger partial charge in [0.1, 0.15) is 0 Å². The SMILES string of the molecule is O=C(NCCc1ccccn1)Nc1nnc(C(F)(F)F)s1. The lowest BCUT2D eigenvalue weighted by Crippen LogP contribution is -2.30. The zero-order valence-corrected chi connectivity index (χ0v) is 11.3. The zero-order valence-electron chi connectivity index (χ0n) is 10.5. The number of hydrogen-bond donors (Lipinski definition) is 2. The van der Waals surface area contributed by atoms with Gasteiger partial charge in [-0.2, -0.15) is 13.2 Å². The van der Waals surface area contributed by atoms with Crippen molar-refractivity contribution in [3.8, 4) is 0 Å². The van der Waals surface area contributed by atoms with E-state index in [0.29, 0.717) is 13.0 Å². The molecule has 2 N–H and O–H groups in total. The number of pyridine rings is 1. The summed E-state index contributed by atoms with van der Waals surface area (Å²) in [6.45, 7) is 0.299. The molecule has 6 nitrogen and oxygen atoms in total. The van der Waals surface area contributed by atoms with Gasteiger partial charge in [-0.25, -0.2) is 4.79 Å². The standard InChI is InChI=1S/C11H10F3N5OS/c12-11(13,14)8-18-19-10(21-8)17-9(20)16-6-4-7-3-1-2-5-15-7/h1-3,5H,4,6H2,(H2,16,17,19,20). The van der Waals surface area contributed by atoms with E-state index in [1.54, 1.807) is 18.3 Å². The minimum Gasteiger partial charge on any atom is -0.337 e. The van der Waals surface area contributed by atoms with Gasteiger partial charge in [-0.1, -0.05) is 17.4 Å². The van der Waals surface area contributed by atoms with Gasteiger partial charge in [-0.15, -0.1) is 10.2 Å². The van der Waals surface area contributed by atoms with Crippen molar-refractivity contribution in [3.05, 3.63) is 35.1 Å². The van der Waals surface area contributed by atoms with E-state index < -0.39 is 17.2 Å². The summed E-state index contributed by atoms with van der Waals surface area (Å²) >= 11 is 0.266. The maximum absolute atomic E-state index is 12.3. The Labute approximate surface area is 121 Å². The Balaban J connectivity index is 1.78. The van der Waals surface area contributed by atoms with Gasteiger partial charge in [0, 0.05) is 24.9 Å². The minimum atomic E-state index is -4.56. The number of amides is 2. The molecule has 0 bridgehead atoms. The number of rotatable bonds is 4. The van der Waals surface area contributed by atoms with Crippen molar-refractivity contribution in [3.63, 3.8) is 0 Å². The molecule has 2 aromatic heterocycles. The Hall–Kier alpha value is -2.23. The molecule has 2 heterocycles. The van der Waals surface area contributed by atoms with Crippen LogP contribution in [0.15, 0.2) is 24.4 Å². The lowest BCUT2D eigenvalue weighted by atomic mass is 10.3. The normalized spacial score (nSPS) is 11.2. The van der Waals surface area contributed by atoms with E-state index in [1.807, 2.05) is 6.07 Å². The summed E-state index contributed by atoms with van der Waals surface area (Å²) in [4.78, 5) is 15.5. The number of nitrogens with zero attached hydrogens (tertiary/aromatic N) is 3. The molecular formula is C11H10F3N5OS. The van der Waals surface area contributed by atoms with Gasteiger partial charge in [-0.3, -0.25) is 10.3 Å². The third kappa shape index (κ3) is 4.67. The highest BCUT2D eigenvalue weighted by atomic mass is 32.1. The van der Waals surface area contributed by atoms with E-state index in [2.05, 4.69) is 25.8 Å². The molecular weight excluding hydrogens is 307 g/mol. The number of carbonyl (C=O) groups is 1. The molecule has 0 saturated carbocycles. The van der Waals surface area contributed by atoms with E-state index in [9.17, 15) is 18.0 Å². The Morgan fingerprint density at radius 3 is 2.71 bits per heavy atom. The second-order valence-corrected chi connectivity index (χ2v) is 4.84. The first-order chi connectivity index (χ1) is 9.95. The monoisotopic (exact) mass is 317 g/mol. The summed E-state index contributed by atoms with van der Waals surface area (Å²) < 4.78 is 36.9. The average molecular weight is 317 g/mol. The molecule has 0 fully saturated rings. The molecule has 2 amide bonds. The van der Waals surface area contributed by atoms with Gasteiger partial charge in [-0.05, 0) is 12.1 Å². The zero-order chi connectivity index (χ0) is 15.3. The third-order valence-corrected chi connectivity index (χ3v) is 3.16. The van der Waals surface area contributed by atoms with Crippen LogP contribution >= 0.6 is 11.3 Å². The van der Waals surface area contributed by atoms with Crippen LogP contribution in [-0.2, 0) is 12.6 Å². The van der Waals surface area contributed by atoms with Gasteiger partial charge in [0.25, 0.3) is 0 Å². The quantitative estimate of drug-likeness (QED) is 0.907. The van der Waals surface area contributed by atoms with E-state index in [0.717, 1.165) is 5.69 Å². The summed E-state index contributed by atoms with van der Waals surface area (Å²) in [6, 6.07) is 4.76. The van der Waals surface area contributed by atoms with Crippen LogP contribution in [0.25, 0.3) is 0 Å². The maximum Gasteiger partial charge on any atom is 0.445 e. The molecule has 0 atom stereocenters. The largest absolute Gasteiger partial charge is 0.445 e. The van der Waals surface area contributed by atoms with Crippen LogP contribution in [0.1, 0.15) is 10.7 Å². The van der Waals surface area contributed by atoms with Crippen molar-refractivity contribution in [2.75, 3.05) is 11.9 Å².